The second kappa shape index (κ2) is 11.4. The van der Waals surface area contributed by atoms with Gasteiger partial charge in [0.15, 0.2) is 0 Å². The molecule has 186 valence electrons. The summed E-state index contributed by atoms with van der Waals surface area (Å²) in [4.78, 5) is 4.50. The van der Waals surface area contributed by atoms with E-state index in [0.717, 1.165) is 5.56 Å². The molecule has 4 aromatic rings. The van der Waals surface area contributed by atoms with Crippen LogP contribution in [0.15, 0.2) is 87.1 Å². The summed E-state index contributed by atoms with van der Waals surface area (Å²) >= 11 is 24.4. The number of hydrogen-bond acceptors (Lipinski definition) is 4. The van der Waals surface area contributed by atoms with Gasteiger partial charge in [0.25, 0.3) is 0 Å². The van der Waals surface area contributed by atoms with Crippen LogP contribution in [0.1, 0.15) is 22.6 Å². The van der Waals surface area contributed by atoms with Gasteiger partial charge < -0.3 is 4.42 Å². The van der Waals surface area contributed by atoms with Crippen LogP contribution >= 0.6 is 46.4 Å². The molecule has 0 radical (unpaired) electrons. The van der Waals surface area contributed by atoms with Crippen LogP contribution < -0.4 is 0 Å². The smallest absolute Gasteiger partial charge is 0.243 e. The molecule has 0 atom stereocenters. The fourth-order valence-corrected chi connectivity index (χ4v) is 5.77. The van der Waals surface area contributed by atoms with Crippen LogP contribution in [0.5, 0.6) is 0 Å². The Hall–Kier alpha value is -2.32. The molecule has 3 aromatic carbocycles. The summed E-state index contributed by atoms with van der Waals surface area (Å²) in [6.45, 7) is 1.90. The van der Waals surface area contributed by atoms with Crippen LogP contribution in [-0.4, -0.2) is 18.9 Å². The number of sulfonamides is 1. The van der Waals surface area contributed by atoms with Gasteiger partial charge in [-0.1, -0.05) is 70.2 Å². The lowest BCUT2D eigenvalue weighted by atomic mass is 10.2. The molecule has 0 aliphatic heterocycles. The molecule has 5 nitrogen and oxygen atoms in total. The summed E-state index contributed by atoms with van der Waals surface area (Å²) in [5.74, 6) is 0.875. The van der Waals surface area contributed by atoms with Gasteiger partial charge in [0, 0.05) is 26.6 Å². The summed E-state index contributed by atoms with van der Waals surface area (Å²) < 4.78 is 34.3. The Labute approximate surface area is 229 Å². The maximum atomic E-state index is 13.6. The van der Waals surface area contributed by atoms with Crippen LogP contribution in [0.25, 0.3) is 0 Å². The van der Waals surface area contributed by atoms with E-state index >= 15 is 0 Å². The first-order valence-corrected chi connectivity index (χ1v) is 13.6. The fraction of sp³-hybridized carbons (Fsp3) is 0.115. The van der Waals surface area contributed by atoms with Crippen molar-refractivity contribution in [2.24, 2.45) is 4.99 Å². The molecule has 10 heteroatoms. The maximum Gasteiger partial charge on any atom is 0.243 e. The molecule has 4 rings (SSSR count). The van der Waals surface area contributed by atoms with Crippen molar-refractivity contribution in [3.8, 4) is 0 Å². The quantitative estimate of drug-likeness (QED) is 0.196. The minimum atomic E-state index is -3.88. The summed E-state index contributed by atoms with van der Waals surface area (Å²) in [6.07, 6.45) is 1.51. The molecular weight excluding hydrogens is 562 g/mol. The Balaban J connectivity index is 1.62. The number of benzene rings is 3. The summed E-state index contributed by atoms with van der Waals surface area (Å²) in [6, 6.07) is 20.0. The highest BCUT2D eigenvalue weighted by Crippen LogP contribution is 2.28. The van der Waals surface area contributed by atoms with Crippen molar-refractivity contribution in [3.63, 3.8) is 0 Å². The van der Waals surface area contributed by atoms with E-state index in [1.807, 2.05) is 6.92 Å². The molecule has 0 fully saturated rings. The number of nitrogens with zero attached hydrogens (tertiary/aromatic N) is 2. The Bertz CT molecular complexity index is 1500. The zero-order valence-corrected chi connectivity index (χ0v) is 22.8. The zero-order chi connectivity index (χ0) is 25.9. The Kier molecular flexibility index (Phi) is 8.45. The predicted octanol–water partition coefficient (Wildman–Crippen LogP) is 8.34. The van der Waals surface area contributed by atoms with E-state index < -0.39 is 10.0 Å². The summed E-state index contributed by atoms with van der Waals surface area (Å²) in [7, 11) is -3.88. The monoisotopic (exact) mass is 580 g/mol. The van der Waals surface area contributed by atoms with Gasteiger partial charge in [0.2, 0.25) is 10.0 Å². The first-order chi connectivity index (χ1) is 17.1. The van der Waals surface area contributed by atoms with Crippen molar-refractivity contribution in [2.75, 3.05) is 0 Å². The molecule has 0 aliphatic carbocycles. The number of rotatable bonds is 8. The van der Waals surface area contributed by atoms with E-state index in [2.05, 4.69) is 4.99 Å². The van der Waals surface area contributed by atoms with Crippen LogP contribution in [0.2, 0.25) is 20.1 Å². The van der Waals surface area contributed by atoms with Crippen molar-refractivity contribution in [1.29, 1.82) is 0 Å². The predicted molar refractivity (Wildman–Crippen MR) is 146 cm³/mol. The Morgan fingerprint density at radius 1 is 0.833 bits per heavy atom. The zero-order valence-electron chi connectivity index (χ0n) is 19.0. The second-order valence-corrected chi connectivity index (χ2v) is 11.7. The van der Waals surface area contributed by atoms with Crippen LogP contribution in [0, 0.1) is 6.92 Å². The van der Waals surface area contributed by atoms with Crippen molar-refractivity contribution < 1.29 is 12.8 Å². The minimum Gasteiger partial charge on any atom is -0.459 e. The van der Waals surface area contributed by atoms with Crippen molar-refractivity contribution in [3.05, 3.63) is 116 Å². The molecular formula is C26H20Cl4N2O3S. The van der Waals surface area contributed by atoms with Gasteiger partial charge in [0.05, 0.1) is 23.3 Å². The Morgan fingerprint density at radius 2 is 1.53 bits per heavy atom. The van der Waals surface area contributed by atoms with Crippen LogP contribution in [-0.2, 0) is 23.1 Å². The van der Waals surface area contributed by atoms with E-state index in [4.69, 9.17) is 50.8 Å². The minimum absolute atomic E-state index is 0.0218. The molecule has 36 heavy (non-hydrogen) atoms. The first-order valence-electron chi connectivity index (χ1n) is 10.7. The third-order valence-corrected chi connectivity index (χ3v) is 8.05. The van der Waals surface area contributed by atoms with E-state index in [-0.39, 0.29) is 18.0 Å². The largest absolute Gasteiger partial charge is 0.459 e. The highest BCUT2D eigenvalue weighted by atomic mass is 35.5. The highest BCUT2D eigenvalue weighted by molar-refractivity contribution is 7.89. The lowest BCUT2D eigenvalue weighted by molar-refractivity contribution is 0.357. The van der Waals surface area contributed by atoms with Gasteiger partial charge in [-0.05, 0) is 67.1 Å². The van der Waals surface area contributed by atoms with E-state index in [0.29, 0.717) is 42.9 Å². The molecule has 0 spiro atoms. The summed E-state index contributed by atoms with van der Waals surface area (Å²) in [5.41, 5.74) is 2.13. The maximum absolute atomic E-state index is 13.6. The van der Waals surface area contributed by atoms with Crippen molar-refractivity contribution >= 4 is 68.3 Å². The standard InChI is InChI=1S/C26H20Cl4N2O3S/c1-17-2-8-25(9-3-17)36(33,34)32(15-18-4-5-19(27)13-26(18)30)16-24-7-6-23(35-24)14-31-22-11-20(28)10-21(29)12-22/h2-14H,15-16H2,1H3. The van der Waals surface area contributed by atoms with E-state index in [1.165, 1.54) is 10.5 Å². The van der Waals surface area contributed by atoms with Gasteiger partial charge in [-0.3, -0.25) is 4.99 Å². The number of hydrogen-bond donors (Lipinski definition) is 0. The topological polar surface area (TPSA) is 62.9 Å². The van der Waals surface area contributed by atoms with Gasteiger partial charge in [-0.2, -0.15) is 4.31 Å². The number of furan rings is 1. The third kappa shape index (κ3) is 6.71. The highest BCUT2D eigenvalue weighted by Gasteiger charge is 2.26. The average molecular weight is 582 g/mol. The van der Waals surface area contributed by atoms with Gasteiger partial charge in [-0.25, -0.2) is 8.42 Å². The van der Waals surface area contributed by atoms with Gasteiger partial charge in [0.1, 0.15) is 11.5 Å². The molecule has 0 unspecified atom stereocenters. The number of halogens is 4. The molecule has 0 aliphatic rings. The molecule has 1 aromatic heterocycles. The van der Waals surface area contributed by atoms with E-state index in [1.54, 1.807) is 72.8 Å². The molecule has 1 heterocycles. The summed E-state index contributed by atoms with van der Waals surface area (Å²) in [5, 5.41) is 1.77. The van der Waals surface area contributed by atoms with Crippen LogP contribution in [0.4, 0.5) is 5.69 Å². The van der Waals surface area contributed by atoms with Crippen molar-refractivity contribution in [2.45, 2.75) is 24.9 Å². The number of aryl methyl sites for hydroxylation is 1. The average Bonchev–Trinajstić information content (AvgIpc) is 3.26. The van der Waals surface area contributed by atoms with E-state index in [9.17, 15) is 8.42 Å². The lowest BCUT2D eigenvalue weighted by Crippen LogP contribution is -2.30. The number of aliphatic imine (C=N–C) groups is 1. The molecule has 0 amide bonds. The molecule has 0 saturated carbocycles. The lowest BCUT2D eigenvalue weighted by Gasteiger charge is -2.22. The molecule has 0 bridgehead atoms. The van der Waals surface area contributed by atoms with Gasteiger partial charge in [-0.15, -0.1) is 0 Å². The Morgan fingerprint density at radius 3 is 2.19 bits per heavy atom. The molecule has 0 N–H and O–H groups in total. The SMILES string of the molecule is Cc1ccc(S(=O)(=O)N(Cc2ccc(C=Nc3cc(Cl)cc(Cl)c3)o2)Cc2ccc(Cl)cc2Cl)cc1. The van der Waals surface area contributed by atoms with Gasteiger partial charge >= 0.3 is 0 Å². The fourth-order valence-electron chi connectivity index (χ4n) is 3.40. The molecule has 0 saturated heterocycles. The van der Waals surface area contributed by atoms with Crippen LogP contribution in [0.3, 0.4) is 0 Å². The first kappa shape index (κ1) is 26.7. The third-order valence-electron chi connectivity index (χ3n) is 5.22. The second-order valence-electron chi connectivity index (χ2n) is 8.01. The normalized spacial score (nSPS) is 12.1. The van der Waals surface area contributed by atoms with Crippen molar-refractivity contribution in [1.82, 2.24) is 4.31 Å².